The summed E-state index contributed by atoms with van der Waals surface area (Å²) < 4.78 is 37.2. The second-order valence-electron chi connectivity index (χ2n) is 12.5. The summed E-state index contributed by atoms with van der Waals surface area (Å²) in [5.41, 5.74) is 3.23. The van der Waals surface area contributed by atoms with Gasteiger partial charge in [-0.25, -0.2) is 8.42 Å². The van der Waals surface area contributed by atoms with E-state index in [1.54, 1.807) is 12.1 Å². The van der Waals surface area contributed by atoms with Crippen molar-refractivity contribution >= 4 is 27.7 Å². The number of anilines is 1. The average Bonchev–Trinajstić information content (AvgIpc) is 3.05. The maximum atomic E-state index is 12.8. The van der Waals surface area contributed by atoms with Crippen LogP contribution >= 0.6 is 0 Å². The summed E-state index contributed by atoms with van der Waals surface area (Å²) in [4.78, 5) is 2.62. The largest absolute Gasteiger partial charge is 0.372 e. The van der Waals surface area contributed by atoms with Crippen molar-refractivity contribution in [1.29, 1.82) is 0 Å². The highest BCUT2D eigenvalue weighted by molar-refractivity contribution is 7.91. The van der Waals surface area contributed by atoms with Gasteiger partial charge in [-0.15, -0.1) is 0 Å². The number of sulfone groups is 1. The molecular weight excluding hydrogens is 566 g/mol. The van der Waals surface area contributed by atoms with E-state index in [1.165, 1.54) is 77.0 Å². The molecule has 0 radical (unpaired) electrons. The first kappa shape index (κ1) is 36.3. The lowest BCUT2D eigenvalue weighted by atomic mass is 10.0. The first-order chi connectivity index (χ1) is 21.5. The van der Waals surface area contributed by atoms with Crippen LogP contribution in [0.25, 0.3) is 12.2 Å². The molecule has 0 saturated carbocycles. The minimum absolute atomic E-state index is 0.0484. The highest BCUT2D eigenvalue weighted by atomic mass is 32.2. The molecule has 44 heavy (non-hydrogen) atoms. The van der Waals surface area contributed by atoms with Crippen LogP contribution in [0.3, 0.4) is 0 Å². The molecule has 1 aliphatic rings. The molecule has 0 N–H and O–H groups in total. The van der Waals surface area contributed by atoms with Gasteiger partial charge in [-0.1, -0.05) is 127 Å². The molecule has 2 aromatic rings. The van der Waals surface area contributed by atoms with Gasteiger partial charge in [-0.2, -0.15) is 0 Å². The van der Waals surface area contributed by atoms with Crippen LogP contribution in [-0.2, 0) is 19.3 Å². The number of rotatable bonds is 23. The predicted octanol–water partition coefficient (Wildman–Crippen LogP) is 10.1. The maximum Gasteiger partial charge on any atom is 0.178 e. The van der Waals surface area contributed by atoms with Crippen LogP contribution in [0.5, 0.6) is 0 Å². The van der Waals surface area contributed by atoms with Gasteiger partial charge in [-0.05, 0) is 61.1 Å². The highest BCUT2D eigenvalue weighted by Gasteiger charge is 2.15. The Balaban J connectivity index is 1.28. The maximum absolute atomic E-state index is 12.8. The van der Waals surface area contributed by atoms with Crippen molar-refractivity contribution in [2.45, 2.75) is 127 Å². The number of hydrogen-bond acceptors (Lipinski definition) is 5. The lowest BCUT2D eigenvalue weighted by Crippen LogP contribution is -2.28. The van der Waals surface area contributed by atoms with Crippen LogP contribution in [0.2, 0.25) is 0 Å². The Morgan fingerprint density at radius 3 is 1.80 bits per heavy atom. The fraction of sp³-hybridized carbons (Fsp3) is 0.632. The van der Waals surface area contributed by atoms with E-state index < -0.39 is 9.84 Å². The zero-order chi connectivity index (χ0) is 31.3. The lowest BCUT2D eigenvalue weighted by molar-refractivity contribution is -0.160. The van der Waals surface area contributed by atoms with Crippen molar-refractivity contribution in [2.75, 3.05) is 37.5 Å². The normalized spacial score (nSPS) is 15.6. The van der Waals surface area contributed by atoms with Gasteiger partial charge in [0.25, 0.3) is 0 Å². The van der Waals surface area contributed by atoms with Crippen LogP contribution in [-0.4, -0.2) is 47.3 Å². The molecule has 0 bridgehead atoms. The van der Waals surface area contributed by atoms with E-state index in [0.717, 1.165) is 62.1 Å². The molecule has 0 spiro atoms. The number of likely N-dealkylation sites (N-methyl/N-ethyl adjacent to an activating group) is 1. The van der Waals surface area contributed by atoms with Gasteiger partial charge in [0.05, 0.1) is 17.3 Å². The van der Waals surface area contributed by atoms with Crippen LogP contribution in [0.15, 0.2) is 53.4 Å². The molecule has 1 unspecified atom stereocenters. The molecule has 0 aliphatic carbocycles. The number of benzene rings is 2. The van der Waals surface area contributed by atoms with Gasteiger partial charge >= 0.3 is 0 Å². The Morgan fingerprint density at radius 1 is 0.750 bits per heavy atom. The standard InChI is InChI=1S/C38H59NO4S/c1-3-4-5-6-7-8-9-10-11-12-13-14-15-18-33-44(40,41)37-28-24-35(25-29-37)21-20-34-22-26-36(27-23-34)39(2)30-32-43-38-19-16-17-31-42-38/h20-29,38H,3-19,30-33H2,1-2H3. The Morgan fingerprint density at radius 2 is 1.27 bits per heavy atom. The van der Waals surface area contributed by atoms with Gasteiger partial charge in [0, 0.05) is 25.9 Å². The van der Waals surface area contributed by atoms with Gasteiger partial charge in [-0.3, -0.25) is 0 Å². The molecule has 246 valence electrons. The number of hydrogen-bond donors (Lipinski definition) is 0. The van der Waals surface area contributed by atoms with Crippen molar-refractivity contribution in [3.63, 3.8) is 0 Å². The van der Waals surface area contributed by atoms with E-state index >= 15 is 0 Å². The third kappa shape index (κ3) is 14.8. The molecule has 6 heteroatoms. The summed E-state index contributed by atoms with van der Waals surface area (Å²) in [6, 6.07) is 15.7. The molecule has 2 aromatic carbocycles. The van der Waals surface area contributed by atoms with Crippen molar-refractivity contribution < 1.29 is 17.9 Å². The van der Waals surface area contributed by atoms with Crippen LogP contribution in [0.1, 0.15) is 127 Å². The Labute approximate surface area is 269 Å². The van der Waals surface area contributed by atoms with E-state index in [4.69, 9.17) is 9.47 Å². The smallest absolute Gasteiger partial charge is 0.178 e. The third-order valence-electron chi connectivity index (χ3n) is 8.68. The summed E-state index contributed by atoms with van der Waals surface area (Å²) in [7, 11) is -1.16. The van der Waals surface area contributed by atoms with Gasteiger partial charge in [0.2, 0.25) is 0 Å². The van der Waals surface area contributed by atoms with E-state index in [9.17, 15) is 8.42 Å². The van der Waals surface area contributed by atoms with E-state index in [1.807, 2.05) is 18.2 Å². The minimum Gasteiger partial charge on any atom is -0.372 e. The fourth-order valence-corrected chi connectivity index (χ4v) is 7.09. The highest BCUT2D eigenvalue weighted by Crippen LogP contribution is 2.20. The quantitative estimate of drug-likeness (QED) is 0.0909. The first-order valence-corrected chi connectivity index (χ1v) is 19.2. The summed E-state index contributed by atoms with van der Waals surface area (Å²) in [5.74, 6) is 0.238. The van der Waals surface area contributed by atoms with Crippen LogP contribution in [0.4, 0.5) is 5.69 Å². The van der Waals surface area contributed by atoms with Crippen molar-refractivity contribution in [1.82, 2.24) is 0 Å². The summed E-state index contributed by atoms with van der Waals surface area (Å²) in [6.45, 7) is 4.53. The second kappa shape index (κ2) is 21.6. The Bertz CT molecular complexity index is 1140. The zero-order valence-corrected chi connectivity index (χ0v) is 28.5. The van der Waals surface area contributed by atoms with E-state index in [0.29, 0.717) is 11.5 Å². The predicted molar refractivity (Wildman–Crippen MR) is 187 cm³/mol. The summed E-state index contributed by atoms with van der Waals surface area (Å²) >= 11 is 0. The van der Waals surface area contributed by atoms with Crippen molar-refractivity contribution in [3.8, 4) is 0 Å². The van der Waals surface area contributed by atoms with E-state index in [2.05, 4.69) is 49.2 Å². The number of ether oxygens (including phenoxy) is 2. The molecule has 1 atom stereocenters. The molecule has 5 nitrogen and oxygen atoms in total. The van der Waals surface area contributed by atoms with Crippen LogP contribution < -0.4 is 4.90 Å². The average molecular weight is 626 g/mol. The number of nitrogens with zero attached hydrogens (tertiary/aromatic N) is 1. The fourth-order valence-electron chi connectivity index (χ4n) is 5.72. The molecular formula is C38H59NO4S. The monoisotopic (exact) mass is 625 g/mol. The van der Waals surface area contributed by atoms with Crippen molar-refractivity contribution in [3.05, 3.63) is 59.7 Å². The SMILES string of the molecule is CCCCCCCCCCCCCCCCS(=O)(=O)c1ccc(C=Cc2ccc(N(C)CCOC3CCCCO3)cc2)cc1. The third-order valence-corrected chi connectivity index (χ3v) is 10.5. The first-order valence-electron chi connectivity index (χ1n) is 17.5. The zero-order valence-electron chi connectivity index (χ0n) is 27.7. The topological polar surface area (TPSA) is 55.8 Å². The Kier molecular flexibility index (Phi) is 17.8. The van der Waals surface area contributed by atoms with Gasteiger partial charge < -0.3 is 14.4 Å². The Hall–Kier alpha value is -2.15. The molecule has 3 rings (SSSR count). The number of unbranched alkanes of at least 4 members (excludes halogenated alkanes) is 13. The molecule has 1 heterocycles. The van der Waals surface area contributed by atoms with Crippen LogP contribution in [0, 0.1) is 0 Å². The van der Waals surface area contributed by atoms with Crippen molar-refractivity contribution in [2.24, 2.45) is 0 Å². The molecule has 1 saturated heterocycles. The molecule has 0 amide bonds. The molecule has 1 fully saturated rings. The second-order valence-corrected chi connectivity index (χ2v) is 14.6. The molecule has 1 aliphatic heterocycles. The van der Waals surface area contributed by atoms with Gasteiger partial charge in [0.1, 0.15) is 0 Å². The van der Waals surface area contributed by atoms with E-state index in [-0.39, 0.29) is 12.0 Å². The summed E-state index contributed by atoms with van der Waals surface area (Å²) in [6.07, 6.45) is 25.1. The minimum atomic E-state index is -3.23. The van der Waals surface area contributed by atoms with Gasteiger partial charge in [0.15, 0.2) is 16.1 Å². The molecule has 0 aromatic heterocycles. The summed E-state index contributed by atoms with van der Waals surface area (Å²) in [5, 5.41) is 0. The lowest BCUT2D eigenvalue weighted by Gasteiger charge is -2.25.